The molecule has 0 radical (unpaired) electrons. The van der Waals surface area contributed by atoms with Crippen LogP contribution in [0.4, 0.5) is 5.69 Å². The molecular formula is C17H21N2O+. The fourth-order valence-corrected chi connectivity index (χ4v) is 2.61. The van der Waals surface area contributed by atoms with Crippen molar-refractivity contribution in [2.24, 2.45) is 5.92 Å². The van der Waals surface area contributed by atoms with Gasteiger partial charge >= 0.3 is 0 Å². The van der Waals surface area contributed by atoms with Crippen molar-refractivity contribution in [3.05, 3.63) is 47.7 Å². The summed E-state index contributed by atoms with van der Waals surface area (Å²) < 4.78 is 8.25. The Balaban J connectivity index is 1.98. The zero-order chi connectivity index (χ0) is 14.3. The number of hydrogen-bond acceptors (Lipinski definition) is 2. The Hall–Kier alpha value is -2.03. The summed E-state index contributed by atoms with van der Waals surface area (Å²) >= 11 is 0. The van der Waals surface area contributed by atoms with Crippen LogP contribution in [0, 0.1) is 5.92 Å². The molecule has 20 heavy (non-hydrogen) atoms. The maximum absolute atomic E-state index is 6.14. The summed E-state index contributed by atoms with van der Waals surface area (Å²) in [5.41, 5.74) is 3.64. The monoisotopic (exact) mass is 269 g/mol. The third-order valence-corrected chi connectivity index (χ3v) is 3.91. The second kappa shape index (κ2) is 4.82. The first-order valence-corrected chi connectivity index (χ1v) is 6.97. The average Bonchev–Trinajstić information content (AvgIpc) is 2.43. The lowest BCUT2D eigenvalue weighted by Crippen LogP contribution is -2.23. The number of allylic oxidation sites excluding steroid dienone is 3. The number of benzene rings is 1. The molecule has 0 bridgehead atoms. The highest BCUT2D eigenvalue weighted by Crippen LogP contribution is 2.37. The van der Waals surface area contributed by atoms with Crippen LogP contribution in [0.5, 0.6) is 5.75 Å². The van der Waals surface area contributed by atoms with Crippen molar-refractivity contribution in [1.29, 1.82) is 0 Å². The van der Waals surface area contributed by atoms with Gasteiger partial charge in [-0.3, -0.25) is 0 Å². The number of ether oxygens (including phenoxy) is 1. The zero-order valence-electron chi connectivity index (χ0n) is 12.6. The van der Waals surface area contributed by atoms with Crippen LogP contribution in [0.2, 0.25) is 0 Å². The van der Waals surface area contributed by atoms with E-state index in [2.05, 4.69) is 60.0 Å². The van der Waals surface area contributed by atoms with E-state index in [9.17, 15) is 0 Å². The third-order valence-electron chi connectivity index (χ3n) is 3.91. The summed E-state index contributed by atoms with van der Waals surface area (Å²) in [5, 5.41) is 0. The van der Waals surface area contributed by atoms with Gasteiger partial charge in [0.25, 0.3) is 0 Å². The van der Waals surface area contributed by atoms with Crippen molar-refractivity contribution in [3.63, 3.8) is 0 Å². The molecule has 3 rings (SSSR count). The number of rotatable bonds is 1. The SMILES string of the molecule is CN(C)c1ccc2c(c1)OC1=CC(=[N+](C)C)C=CC1C2. The smallest absolute Gasteiger partial charge is 0.202 e. The molecule has 1 unspecified atom stereocenters. The highest BCUT2D eigenvalue weighted by Gasteiger charge is 2.27. The molecule has 0 fully saturated rings. The molecule has 0 amide bonds. The van der Waals surface area contributed by atoms with Gasteiger partial charge in [-0.1, -0.05) is 12.1 Å². The van der Waals surface area contributed by atoms with Crippen LogP contribution in [0.15, 0.2) is 42.2 Å². The molecule has 1 aromatic rings. The molecule has 1 aromatic carbocycles. The Kier molecular flexibility index (Phi) is 3.13. The zero-order valence-corrected chi connectivity index (χ0v) is 12.6. The Morgan fingerprint density at radius 2 is 2.05 bits per heavy atom. The first-order valence-electron chi connectivity index (χ1n) is 6.97. The second-order valence-corrected chi connectivity index (χ2v) is 5.82. The van der Waals surface area contributed by atoms with Crippen LogP contribution in [0.1, 0.15) is 5.56 Å². The number of hydrogen-bond donors (Lipinski definition) is 0. The minimum atomic E-state index is 0.372. The molecule has 0 saturated carbocycles. The molecule has 1 aliphatic carbocycles. The fraction of sp³-hybridized carbons (Fsp3) is 0.353. The Labute approximate surface area is 120 Å². The molecule has 1 atom stereocenters. The van der Waals surface area contributed by atoms with Crippen molar-refractivity contribution < 1.29 is 9.31 Å². The molecule has 0 aromatic heterocycles. The molecule has 0 N–H and O–H groups in total. The van der Waals surface area contributed by atoms with Crippen molar-refractivity contribution in [2.45, 2.75) is 6.42 Å². The lowest BCUT2D eigenvalue weighted by molar-refractivity contribution is -0.462. The third kappa shape index (κ3) is 2.24. The van der Waals surface area contributed by atoms with Crippen molar-refractivity contribution in [3.8, 4) is 5.75 Å². The van der Waals surface area contributed by atoms with E-state index in [1.54, 1.807) is 0 Å². The summed E-state index contributed by atoms with van der Waals surface area (Å²) in [6.07, 6.45) is 7.59. The first kappa shape index (κ1) is 13.0. The summed E-state index contributed by atoms with van der Waals surface area (Å²) in [5.74, 6) is 2.42. The molecular weight excluding hydrogens is 248 g/mol. The highest BCUT2D eigenvalue weighted by molar-refractivity contribution is 6.01. The van der Waals surface area contributed by atoms with E-state index in [1.807, 2.05) is 14.1 Å². The fourth-order valence-electron chi connectivity index (χ4n) is 2.61. The van der Waals surface area contributed by atoms with Crippen LogP contribution >= 0.6 is 0 Å². The van der Waals surface area contributed by atoms with Crippen molar-refractivity contribution >= 4 is 11.4 Å². The van der Waals surface area contributed by atoms with Crippen molar-refractivity contribution in [1.82, 2.24) is 0 Å². The maximum atomic E-state index is 6.14. The van der Waals surface area contributed by atoms with Gasteiger partial charge in [0.1, 0.15) is 25.6 Å². The quantitative estimate of drug-likeness (QED) is 0.728. The number of nitrogens with zero attached hydrogens (tertiary/aromatic N) is 2. The van der Waals surface area contributed by atoms with Gasteiger partial charge in [0.2, 0.25) is 5.71 Å². The predicted molar refractivity (Wildman–Crippen MR) is 82.9 cm³/mol. The molecule has 1 aliphatic heterocycles. The summed E-state index contributed by atoms with van der Waals surface area (Å²) in [6, 6.07) is 6.46. The molecule has 0 saturated heterocycles. The van der Waals surface area contributed by atoms with Gasteiger partial charge in [-0.25, -0.2) is 4.58 Å². The van der Waals surface area contributed by atoms with E-state index < -0.39 is 0 Å². The van der Waals surface area contributed by atoms with Crippen LogP contribution < -0.4 is 9.64 Å². The average molecular weight is 269 g/mol. The number of anilines is 1. The summed E-state index contributed by atoms with van der Waals surface area (Å²) in [4.78, 5) is 2.10. The van der Waals surface area contributed by atoms with E-state index >= 15 is 0 Å². The lowest BCUT2D eigenvalue weighted by Gasteiger charge is -2.28. The molecule has 2 aliphatic rings. The molecule has 1 heterocycles. The van der Waals surface area contributed by atoms with E-state index in [4.69, 9.17) is 4.74 Å². The summed E-state index contributed by atoms with van der Waals surface area (Å²) in [7, 11) is 8.21. The molecule has 0 spiro atoms. The maximum Gasteiger partial charge on any atom is 0.202 e. The standard InChI is InChI=1S/C17H21N2O/c1-18(2)14-7-5-12-9-13-6-8-15(19(3)4)11-17(13)20-16(12)10-14/h5-8,10-12H,9H2,1-4H3/q+1. The lowest BCUT2D eigenvalue weighted by atomic mass is 9.90. The van der Waals surface area contributed by atoms with Gasteiger partial charge in [0.05, 0.1) is 0 Å². The Bertz CT molecular complexity index is 634. The van der Waals surface area contributed by atoms with Gasteiger partial charge in [-0.05, 0) is 18.1 Å². The normalized spacial score (nSPS) is 19.7. The van der Waals surface area contributed by atoms with E-state index in [-0.39, 0.29) is 0 Å². The molecule has 104 valence electrons. The highest BCUT2D eigenvalue weighted by atomic mass is 16.5. The van der Waals surface area contributed by atoms with E-state index in [0.717, 1.165) is 17.9 Å². The van der Waals surface area contributed by atoms with Crippen LogP contribution in [0.25, 0.3) is 0 Å². The number of fused-ring (bicyclic) bond motifs is 2. The molecule has 3 nitrogen and oxygen atoms in total. The van der Waals surface area contributed by atoms with Crippen LogP contribution in [-0.2, 0) is 6.42 Å². The van der Waals surface area contributed by atoms with Gasteiger partial charge in [0.15, 0.2) is 0 Å². The van der Waals surface area contributed by atoms with Gasteiger partial charge < -0.3 is 9.64 Å². The van der Waals surface area contributed by atoms with Gasteiger partial charge in [0, 0.05) is 43.9 Å². The van der Waals surface area contributed by atoms with E-state index in [0.29, 0.717) is 5.92 Å². The van der Waals surface area contributed by atoms with Crippen LogP contribution in [-0.4, -0.2) is 38.5 Å². The first-order chi connectivity index (χ1) is 9.54. The Morgan fingerprint density at radius 3 is 2.75 bits per heavy atom. The molecule has 3 heteroatoms. The minimum absolute atomic E-state index is 0.372. The largest absolute Gasteiger partial charge is 0.460 e. The summed E-state index contributed by atoms with van der Waals surface area (Å²) in [6.45, 7) is 0. The topological polar surface area (TPSA) is 15.5 Å². The minimum Gasteiger partial charge on any atom is -0.460 e. The van der Waals surface area contributed by atoms with Crippen LogP contribution in [0.3, 0.4) is 0 Å². The second-order valence-electron chi connectivity index (χ2n) is 5.82. The predicted octanol–water partition coefficient (Wildman–Crippen LogP) is 2.47. The Morgan fingerprint density at radius 1 is 1.25 bits per heavy atom. The van der Waals surface area contributed by atoms with Gasteiger partial charge in [-0.2, -0.15) is 0 Å². The van der Waals surface area contributed by atoms with Gasteiger partial charge in [-0.15, -0.1) is 0 Å². The van der Waals surface area contributed by atoms with Crippen molar-refractivity contribution in [2.75, 3.05) is 33.1 Å². The van der Waals surface area contributed by atoms with E-state index in [1.165, 1.54) is 17.0 Å².